The van der Waals surface area contributed by atoms with E-state index >= 15 is 0 Å². The van der Waals surface area contributed by atoms with Crippen LogP contribution in [0.1, 0.15) is 62.2 Å². The van der Waals surface area contributed by atoms with Crippen LogP contribution < -0.4 is 10.1 Å². The van der Waals surface area contributed by atoms with Crippen molar-refractivity contribution in [2.45, 2.75) is 60.0 Å². The van der Waals surface area contributed by atoms with E-state index < -0.39 is 0 Å². The number of nitrogens with zero attached hydrogens (tertiary/aromatic N) is 3. The highest BCUT2D eigenvalue weighted by atomic mass is 16.5. The first-order valence-electron chi connectivity index (χ1n) is 11.4. The number of aromatic nitrogens is 1. The summed E-state index contributed by atoms with van der Waals surface area (Å²) in [5.41, 5.74) is 2.10. The lowest BCUT2D eigenvalue weighted by Crippen LogP contribution is -2.36. The van der Waals surface area contributed by atoms with Crippen molar-refractivity contribution in [2.75, 3.05) is 20.6 Å². The molecular weight excluding hydrogens is 350 g/mol. The topological polar surface area (TPSA) is 65.0 Å². The third-order valence-corrected chi connectivity index (χ3v) is 4.30. The molecule has 2 rings (SSSR count). The SMILES string of the molecule is [2H]c1[nH]c2c([2H])c(C)c(OC(C)C)c([2H])c2c1/C(C)=N/N(C)C(=NC)NCCCCC. The Labute approximate surface area is 173 Å². The number of aromatic amines is 1. The van der Waals surface area contributed by atoms with Gasteiger partial charge in [-0.05, 0) is 51.8 Å². The summed E-state index contributed by atoms with van der Waals surface area (Å²) >= 11 is 0. The van der Waals surface area contributed by atoms with Gasteiger partial charge in [-0.25, -0.2) is 5.01 Å². The summed E-state index contributed by atoms with van der Waals surface area (Å²) in [6.07, 6.45) is 3.35. The van der Waals surface area contributed by atoms with E-state index in [2.05, 4.69) is 27.3 Å². The first-order chi connectivity index (χ1) is 14.6. The van der Waals surface area contributed by atoms with Crippen LogP contribution in [0.4, 0.5) is 0 Å². The van der Waals surface area contributed by atoms with E-state index in [0.717, 1.165) is 25.8 Å². The summed E-state index contributed by atoms with van der Waals surface area (Å²) in [5, 5.41) is 10.0. The van der Waals surface area contributed by atoms with Crippen molar-refractivity contribution in [3.63, 3.8) is 0 Å². The number of guanidine groups is 1. The number of aliphatic imine (C=N–C) groups is 1. The van der Waals surface area contributed by atoms with Crippen molar-refractivity contribution in [3.05, 3.63) is 29.4 Å². The predicted molar refractivity (Wildman–Crippen MR) is 120 cm³/mol. The van der Waals surface area contributed by atoms with Crippen molar-refractivity contribution in [3.8, 4) is 5.75 Å². The summed E-state index contributed by atoms with van der Waals surface area (Å²) in [6, 6.07) is 0.400. The molecule has 0 aliphatic carbocycles. The van der Waals surface area contributed by atoms with Crippen LogP contribution in [-0.2, 0) is 0 Å². The molecule has 0 aliphatic heterocycles. The van der Waals surface area contributed by atoms with Gasteiger partial charge in [0.15, 0.2) is 0 Å². The van der Waals surface area contributed by atoms with Crippen LogP contribution in [0.3, 0.4) is 0 Å². The van der Waals surface area contributed by atoms with E-state index in [9.17, 15) is 0 Å². The Morgan fingerprint density at radius 1 is 1.36 bits per heavy atom. The Bertz CT molecular complexity index is 982. The fourth-order valence-corrected chi connectivity index (χ4v) is 2.91. The highest BCUT2D eigenvalue weighted by Crippen LogP contribution is 2.28. The third kappa shape index (κ3) is 5.50. The van der Waals surface area contributed by atoms with E-state index in [-0.39, 0.29) is 24.4 Å². The molecule has 0 spiro atoms. The minimum Gasteiger partial charge on any atom is -0.491 e. The highest BCUT2D eigenvalue weighted by Gasteiger charge is 2.13. The van der Waals surface area contributed by atoms with Gasteiger partial charge in [0.05, 0.1) is 15.9 Å². The molecule has 0 atom stereocenters. The summed E-state index contributed by atoms with van der Waals surface area (Å²) < 4.78 is 31.5. The van der Waals surface area contributed by atoms with Crippen LogP contribution in [0.2, 0.25) is 0 Å². The number of unbranched alkanes of at least 4 members (excludes halogenated alkanes) is 2. The number of H-pyrrole nitrogens is 1. The molecule has 0 radical (unpaired) electrons. The monoisotopic (exact) mass is 388 g/mol. The molecule has 154 valence electrons. The maximum atomic E-state index is 8.74. The van der Waals surface area contributed by atoms with Gasteiger partial charge < -0.3 is 15.0 Å². The summed E-state index contributed by atoms with van der Waals surface area (Å²) in [7, 11) is 3.50. The maximum Gasteiger partial charge on any atom is 0.214 e. The van der Waals surface area contributed by atoms with Crippen molar-refractivity contribution in [1.82, 2.24) is 15.3 Å². The number of nitrogens with one attached hydrogen (secondary N) is 2. The van der Waals surface area contributed by atoms with Gasteiger partial charge in [-0.2, -0.15) is 5.10 Å². The van der Waals surface area contributed by atoms with Crippen LogP contribution in [0.5, 0.6) is 5.75 Å². The van der Waals surface area contributed by atoms with Crippen LogP contribution in [-0.4, -0.2) is 48.4 Å². The second kappa shape index (κ2) is 10.2. The van der Waals surface area contributed by atoms with E-state index in [1.165, 1.54) is 0 Å². The smallest absolute Gasteiger partial charge is 0.214 e. The molecule has 6 nitrogen and oxygen atoms in total. The average molecular weight is 389 g/mol. The first-order valence-corrected chi connectivity index (χ1v) is 9.92. The lowest BCUT2D eigenvalue weighted by molar-refractivity contribution is 0.241. The van der Waals surface area contributed by atoms with Gasteiger partial charge in [-0.3, -0.25) is 4.99 Å². The number of hydrogen-bond acceptors (Lipinski definition) is 3. The van der Waals surface area contributed by atoms with Gasteiger partial charge in [-0.1, -0.05) is 19.8 Å². The zero-order chi connectivity index (χ0) is 23.3. The fourth-order valence-electron chi connectivity index (χ4n) is 2.91. The summed E-state index contributed by atoms with van der Waals surface area (Å²) in [6.45, 7) is 10.3. The normalized spacial score (nSPS) is 14.2. The molecule has 2 N–H and O–H groups in total. The molecule has 1 heterocycles. The third-order valence-electron chi connectivity index (χ3n) is 4.30. The van der Waals surface area contributed by atoms with Crippen LogP contribution in [0, 0.1) is 6.92 Å². The van der Waals surface area contributed by atoms with E-state index in [1.807, 2.05) is 13.8 Å². The molecule has 28 heavy (non-hydrogen) atoms. The standard InChI is InChI=1S/C22H35N5O/c1-8-9-10-11-24-22(23-6)27(7)26-17(5)19-14-25-20-12-16(4)21(13-18(19)20)28-15(2)3/h12-15,25H,8-11H2,1-7H3,(H,23,24)/b26-17+/i12D,13D,14D. The molecule has 2 aromatic rings. The van der Waals surface area contributed by atoms with E-state index in [0.29, 0.717) is 39.5 Å². The molecule has 0 fully saturated rings. The lowest BCUT2D eigenvalue weighted by Gasteiger charge is -2.18. The largest absolute Gasteiger partial charge is 0.491 e. The Morgan fingerprint density at radius 3 is 2.75 bits per heavy atom. The van der Waals surface area contributed by atoms with Gasteiger partial charge in [0, 0.05) is 43.3 Å². The molecule has 0 amide bonds. The van der Waals surface area contributed by atoms with Crippen LogP contribution in [0.15, 0.2) is 28.4 Å². The van der Waals surface area contributed by atoms with Crippen molar-refractivity contribution < 1.29 is 8.85 Å². The molecule has 0 saturated carbocycles. The summed E-state index contributed by atoms with van der Waals surface area (Å²) in [4.78, 5) is 7.24. The quantitative estimate of drug-likeness (QED) is 0.298. The molecular formula is C22H35N5O. The molecule has 6 heteroatoms. The number of rotatable bonds is 8. The Morgan fingerprint density at radius 2 is 2.11 bits per heavy atom. The number of benzene rings is 1. The number of hydrogen-bond donors (Lipinski definition) is 2. The molecule has 0 saturated heterocycles. The number of hydrazone groups is 1. The van der Waals surface area contributed by atoms with E-state index in [1.54, 1.807) is 33.0 Å². The minimum absolute atomic E-state index is 0.124. The van der Waals surface area contributed by atoms with Crippen LogP contribution in [0.25, 0.3) is 10.9 Å². The Kier molecular flexibility index (Phi) is 6.38. The number of ether oxygens (including phenoxy) is 1. The lowest BCUT2D eigenvalue weighted by atomic mass is 10.1. The molecule has 0 aliphatic rings. The molecule has 1 aromatic carbocycles. The molecule has 0 bridgehead atoms. The number of fused-ring (bicyclic) bond motifs is 1. The van der Waals surface area contributed by atoms with Gasteiger partial charge in [0.25, 0.3) is 0 Å². The molecule has 1 aromatic heterocycles. The van der Waals surface area contributed by atoms with Gasteiger partial charge >= 0.3 is 0 Å². The zero-order valence-electron chi connectivity index (χ0n) is 21.2. The fraction of sp³-hybridized carbons (Fsp3) is 0.545. The van der Waals surface area contributed by atoms with Gasteiger partial charge in [0.1, 0.15) is 5.75 Å². The maximum absolute atomic E-state index is 8.74. The van der Waals surface area contributed by atoms with E-state index in [4.69, 9.17) is 8.85 Å². The van der Waals surface area contributed by atoms with Gasteiger partial charge in [0.2, 0.25) is 5.96 Å². The van der Waals surface area contributed by atoms with Crippen LogP contribution >= 0.6 is 0 Å². The van der Waals surface area contributed by atoms with Crippen molar-refractivity contribution >= 4 is 22.6 Å². The average Bonchev–Trinajstić information content (AvgIpc) is 3.06. The highest BCUT2D eigenvalue weighted by molar-refractivity contribution is 6.10. The zero-order valence-corrected chi connectivity index (χ0v) is 18.2. The minimum atomic E-state index is -0.125. The second-order valence-electron chi connectivity index (χ2n) is 7.14. The predicted octanol–water partition coefficient (Wildman–Crippen LogP) is 4.68. The second-order valence-corrected chi connectivity index (χ2v) is 7.14. The molecule has 0 unspecified atom stereocenters. The Hall–Kier alpha value is -2.50. The Balaban J connectivity index is 2.49. The van der Waals surface area contributed by atoms with Gasteiger partial charge in [-0.15, -0.1) is 0 Å². The van der Waals surface area contributed by atoms with Crippen molar-refractivity contribution in [1.29, 1.82) is 0 Å². The summed E-state index contributed by atoms with van der Waals surface area (Å²) in [5.74, 6) is 1.01. The first kappa shape index (κ1) is 17.6. The van der Waals surface area contributed by atoms with Crippen molar-refractivity contribution in [2.24, 2.45) is 10.1 Å².